The van der Waals surface area contributed by atoms with Crippen LogP contribution in [0.1, 0.15) is 34.8 Å². The number of nitrogens with zero attached hydrogens (tertiary/aromatic N) is 2. The van der Waals surface area contributed by atoms with Crippen molar-refractivity contribution in [2.75, 3.05) is 0 Å². The lowest BCUT2D eigenvalue weighted by Gasteiger charge is -2.14. The number of halogens is 1. The summed E-state index contributed by atoms with van der Waals surface area (Å²) >= 11 is 6.10. The Balaban J connectivity index is 1.45. The largest absolute Gasteiger partial charge is 0.350 e. The van der Waals surface area contributed by atoms with Crippen LogP contribution in [0.25, 0.3) is 10.9 Å². The molecule has 1 aromatic heterocycles. The number of rotatable bonds is 7. The van der Waals surface area contributed by atoms with E-state index in [1.807, 2.05) is 78.5 Å². The smallest absolute Gasteiger partial charge is 0.251 e. The van der Waals surface area contributed by atoms with Crippen molar-refractivity contribution in [3.8, 4) is 0 Å². The van der Waals surface area contributed by atoms with Gasteiger partial charge in [-0.25, -0.2) is 0 Å². The minimum absolute atomic E-state index is 0.0621. The van der Waals surface area contributed by atoms with E-state index in [1.165, 1.54) is 5.56 Å². The molecule has 0 saturated heterocycles. The monoisotopic (exact) mass is 417 g/mol. The van der Waals surface area contributed by atoms with Gasteiger partial charge in [-0.2, -0.15) is 5.10 Å². The normalized spacial score (nSPS) is 12.1. The van der Waals surface area contributed by atoms with Gasteiger partial charge >= 0.3 is 0 Å². The standard InChI is InChI=1S/C25H24ClN3O/c1-18(10-11-19-6-3-2-4-7-19)28-25(30)21-12-13-22-16-27-29(24(22)15-21)17-20-8-5-9-23(26)14-20/h2-9,12-16,18H,10-11,17H2,1H3,(H,28,30). The van der Waals surface area contributed by atoms with Crippen molar-refractivity contribution in [1.29, 1.82) is 0 Å². The molecule has 152 valence electrons. The summed E-state index contributed by atoms with van der Waals surface area (Å²) in [6.07, 6.45) is 3.66. The van der Waals surface area contributed by atoms with Crippen LogP contribution < -0.4 is 5.32 Å². The van der Waals surface area contributed by atoms with E-state index in [1.54, 1.807) is 0 Å². The molecule has 30 heavy (non-hydrogen) atoms. The highest BCUT2D eigenvalue weighted by molar-refractivity contribution is 6.30. The van der Waals surface area contributed by atoms with E-state index in [-0.39, 0.29) is 11.9 Å². The fraction of sp³-hybridized carbons (Fsp3) is 0.200. The third kappa shape index (κ3) is 4.89. The van der Waals surface area contributed by atoms with Crippen molar-refractivity contribution in [2.45, 2.75) is 32.4 Å². The molecule has 3 aromatic carbocycles. The van der Waals surface area contributed by atoms with Gasteiger partial charge < -0.3 is 5.32 Å². The lowest BCUT2D eigenvalue weighted by molar-refractivity contribution is 0.0938. The van der Waals surface area contributed by atoms with Crippen molar-refractivity contribution >= 4 is 28.4 Å². The topological polar surface area (TPSA) is 46.9 Å². The summed E-state index contributed by atoms with van der Waals surface area (Å²) in [6.45, 7) is 2.64. The number of hydrogen-bond acceptors (Lipinski definition) is 2. The van der Waals surface area contributed by atoms with Crippen LogP contribution in [-0.2, 0) is 13.0 Å². The minimum atomic E-state index is -0.0621. The number of aryl methyl sites for hydroxylation is 1. The molecule has 0 aliphatic rings. The van der Waals surface area contributed by atoms with Gasteiger partial charge in [0, 0.05) is 22.0 Å². The molecule has 0 aliphatic carbocycles. The third-order valence-electron chi connectivity index (χ3n) is 5.21. The van der Waals surface area contributed by atoms with E-state index < -0.39 is 0 Å². The number of aromatic nitrogens is 2. The zero-order chi connectivity index (χ0) is 20.9. The van der Waals surface area contributed by atoms with E-state index in [4.69, 9.17) is 11.6 Å². The molecular weight excluding hydrogens is 394 g/mol. The van der Waals surface area contributed by atoms with Crippen molar-refractivity contribution in [1.82, 2.24) is 15.1 Å². The maximum Gasteiger partial charge on any atom is 0.251 e. The van der Waals surface area contributed by atoms with Gasteiger partial charge in [0.15, 0.2) is 0 Å². The van der Waals surface area contributed by atoms with Crippen molar-refractivity contribution in [3.05, 3.63) is 101 Å². The fourth-order valence-corrected chi connectivity index (χ4v) is 3.77. The maximum atomic E-state index is 12.8. The number of fused-ring (bicyclic) bond motifs is 1. The van der Waals surface area contributed by atoms with Crippen LogP contribution in [0.5, 0.6) is 0 Å². The maximum absolute atomic E-state index is 12.8. The Labute approximate surface area is 181 Å². The second kappa shape index (κ2) is 9.14. The van der Waals surface area contributed by atoms with Crippen molar-refractivity contribution in [2.24, 2.45) is 0 Å². The Morgan fingerprint density at radius 2 is 1.83 bits per heavy atom. The predicted molar refractivity (Wildman–Crippen MR) is 122 cm³/mol. The molecule has 0 aliphatic heterocycles. The zero-order valence-corrected chi connectivity index (χ0v) is 17.6. The Hall–Kier alpha value is -3.11. The van der Waals surface area contributed by atoms with E-state index >= 15 is 0 Å². The van der Waals surface area contributed by atoms with Crippen LogP contribution in [0, 0.1) is 0 Å². The van der Waals surface area contributed by atoms with E-state index in [0.717, 1.165) is 29.3 Å². The van der Waals surface area contributed by atoms with E-state index in [2.05, 4.69) is 22.5 Å². The summed E-state index contributed by atoms with van der Waals surface area (Å²) < 4.78 is 1.90. The molecule has 4 nitrogen and oxygen atoms in total. The summed E-state index contributed by atoms with van der Waals surface area (Å²) in [5, 5.41) is 9.31. The summed E-state index contributed by atoms with van der Waals surface area (Å²) in [5.41, 5.74) is 3.92. The Morgan fingerprint density at radius 1 is 1.03 bits per heavy atom. The quantitative estimate of drug-likeness (QED) is 0.432. The van der Waals surface area contributed by atoms with Gasteiger partial charge in [0.25, 0.3) is 5.91 Å². The lowest BCUT2D eigenvalue weighted by Crippen LogP contribution is -2.32. The number of benzene rings is 3. The van der Waals surface area contributed by atoms with Gasteiger partial charge in [0.05, 0.1) is 18.3 Å². The van der Waals surface area contributed by atoms with Gasteiger partial charge in [-0.1, -0.05) is 60.1 Å². The Bertz CT molecular complexity index is 1150. The van der Waals surface area contributed by atoms with Crippen LogP contribution in [0.4, 0.5) is 0 Å². The first-order chi connectivity index (χ1) is 14.6. The lowest BCUT2D eigenvalue weighted by atomic mass is 10.1. The predicted octanol–water partition coefficient (Wildman–Crippen LogP) is 5.49. The Kier molecular flexibility index (Phi) is 6.15. The van der Waals surface area contributed by atoms with Crippen LogP contribution in [0.2, 0.25) is 5.02 Å². The number of amides is 1. The van der Waals surface area contributed by atoms with Crippen LogP contribution in [-0.4, -0.2) is 21.7 Å². The molecule has 0 radical (unpaired) electrons. The third-order valence-corrected chi connectivity index (χ3v) is 5.45. The van der Waals surface area contributed by atoms with Crippen molar-refractivity contribution < 1.29 is 4.79 Å². The highest BCUT2D eigenvalue weighted by Crippen LogP contribution is 2.19. The molecule has 1 unspecified atom stereocenters. The highest BCUT2D eigenvalue weighted by Gasteiger charge is 2.12. The molecule has 4 aromatic rings. The number of carbonyl (C=O) groups is 1. The molecule has 0 saturated carbocycles. The molecule has 4 rings (SSSR count). The average molecular weight is 418 g/mol. The van der Waals surface area contributed by atoms with Crippen LogP contribution in [0.15, 0.2) is 79.0 Å². The van der Waals surface area contributed by atoms with E-state index in [9.17, 15) is 4.79 Å². The molecule has 0 spiro atoms. The molecule has 0 bridgehead atoms. The highest BCUT2D eigenvalue weighted by atomic mass is 35.5. The summed E-state index contributed by atoms with van der Waals surface area (Å²) in [6, 6.07) is 23.9. The number of nitrogens with one attached hydrogen (secondary N) is 1. The Morgan fingerprint density at radius 3 is 2.63 bits per heavy atom. The second-order valence-corrected chi connectivity index (χ2v) is 8.04. The summed E-state index contributed by atoms with van der Waals surface area (Å²) in [5.74, 6) is -0.0621. The second-order valence-electron chi connectivity index (χ2n) is 7.60. The molecule has 0 fully saturated rings. The summed E-state index contributed by atoms with van der Waals surface area (Å²) in [4.78, 5) is 12.8. The molecule has 1 atom stereocenters. The molecule has 1 N–H and O–H groups in total. The van der Waals surface area contributed by atoms with Gasteiger partial charge in [-0.05, 0) is 55.2 Å². The molecule has 5 heteroatoms. The van der Waals surface area contributed by atoms with Crippen LogP contribution >= 0.6 is 11.6 Å². The first-order valence-electron chi connectivity index (χ1n) is 10.1. The van der Waals surface area contributed by atoms with Gasteiger partial charge in [-0.3, -0.25) is 9.48 Å². The fourth-order valence-electron chi connectivity index (χ4n) is 3.55. The number of hydrogen-bond donors (Lipinski definition) is 1. The van der Waals surface area contributed by atoms with E-state index in [0.29, 0.717) is 17.1 Å². The minimum Gasteiger partial charge on any atom is -0.350 e. The first-order valence-corrected chi connectivity index (χ1v) is 10.5. The molecule has 1 heterocycles. The summed E-state index contributed by atoms with van der Waals surface area (Å²) in [7, 11) is 0. The van der Waals surface area contributed by atoms with Gasteiger partial charge in [0.2, 0.25) is 0 Å². The number of carbonyl (C=O) groups excluding carboxylic acids is 1. The molecular formula is C25H24ClN3O. The van der Waals surface area contributed by atoms with Crippen molar-refractivity contribution in [3.63, 3.8) is 0 Å². The van der Waals surface area contributed by atoms with Crippen LogP contribution in [0.3, 0.4) is 0 Å². The zero-order valence-electron chi connectivity index (χ0n) is 16.9. The van der Waals surface area contributed by atoms with Gasteiger partial charge in [-0.15, -0.1) is 0 Å². The first kappa shape index (κ1) is 20.2. The van der Waals surface area contributed by atoms with Gasteiger partial charge in [0.1, 0.15) is 0 Å². The molecule has 1 amide bonds. The average Bonchev–Trinajstić information content (AvgIpc) is 3.15. The SMILES string of the molecule is CC(CCc1ccccc1)NC(=O)c1ccc2cnn(Cc3cccc(Cl)c3)c2c1.